The highest BCUT2D eigenvalue weighted by molar-refractivity contribution is 5.78. The number of hydrogen-bond acceptors (Lipinski definition) is 4. The third kappa shape index (κ3) is 2.57. The van der Waals surface area contributed by atoms with Crippen molar-refractivity contribution in [1.29, 1.82) is 0 Å². The first-order valence-corrected chi connectivity index (χ1v) is 7.01. The van der Waals surface area contributed by atoms with Crippen LogP contribution in [0.25, 0.3) is 0 Å². The number of benzene rings is 1. The molecule has 6 heteroatoms. The Bertz CT molecular complexity index is 585. The largest absolute Gasteiger partial charge is 0.481 e. The first kappa shape index (κ1) is 15.3. The highest BCUT2D eigenvalue weighted by atomic mass is 16.6. The number of anilines is 1. The van der Waals surface area contributed by atoms with Crippen molar-refractivity contribution in [3.8, 4) is 0 Å². The zero-order chi connectivity index (χ0) is 15.8. The van der Waals surface area contributed by atoms with Gasteiger partial charge in [0.15, 0.2) is 0 Å². The van der Waals surface area contributed by atoms with Crippen LogP contribution in [0.15, 0.2) is 18.2 Å². The molecule has 0 aliphatic carbocycles. The van der Waals surface area contributed by atoms with Gasteiger partial charge in [-0.05, 0) is 30.9 Å². The molecule has 21 heavy (non-hydrogen) atoms. The summed E-state index contributed by atoms with van der Waals surface area (Å²) >= 11 is 0. The maximum Gasteiger partial charge on any atom is 0.311 e. The summed E-state index contributed by atoms with van der Waals surface area (Å²) in [7, 11) is 0. The van der Waals surface area contributed by atoms with Crippen LogP contribution in [0.5, 0.6) is 0 Å². The van der Waals surface area contributed by atoms with Crippen molar-refractivity contribution in [3.05, 3.63) is 33.9 Å². The molecular formula is C15H20N2O4. The first-order valence-electron chi connectivity index (χ1n) is 7.01. The van der Waals surface area contributed by atoms with Gasteiger partial charge in [-0.1, -0.05) is 19.9 Å². The Morgan fingerprint density at radius 3 is 2.62 bits per heavy atom. The van der Waals surface area contributed by atoms with Crippen molar-refractivity contribution in [2.24, 2.45) is 11.3 Å². The van der Waals surface area contributed by atoms with Crippen LogP contribution in [0.4, 0.5) is 11.4 Å². The molecule has 1 unspecified atom stereocenters. The van der Waals surface area contributed by atoms with Gasteiger partial charge in [-0.3, -0.25) is 14.9 Å². The molecule has 1 atom stereocenters. The Hall–Kier alpha value is -2.11. The lowest BCUT2D eigenvalue weighted by atomic mass is 9.76. The van der Waals surface area contributed by atoms with Gasteiger partial charge in [0.25, 0.3) is 5.69 Å². The number of nitrogens with zero attached hydrogens (tertiary/aromatic N) is 2. The lowest BCUT2D eigenvalue weighted by Crippen LogP contribution is -2.39. The van der Waals surface area contributed by atoms with E-state index in [9.17, 15) is 20.0 Å². The summed E-state index contributed by atoms with van der Waals surface area (Å²) in [5.74, 6) is -0.848. The number of carboxylic acid groups (broad SMARTS) is 1. The Kier molecular flexibility index (Phi) is 3.89. The summed E-state index contributed by atoms with van der Waals surface area (Å²) in [6, 6.07) is 4.95. The lowest BCUT2D eigenvalue weighted by molar-refractivity contribution is -0.384. The summed E-state index contributed by atoms with van der Waals surface area (Å²) in [6.07, 6.45) is 0.505. The molecule has 2 rings (SSSR count). The minimum absolute atomic E-state index is 0.0242. The highest BCUT2D eigenvalue weighted by Crippen LogP contribution is 2.42. The fourth-order valence-electron chi connectivity index (χ4n) is 2.97. The fraction of sp³-hybridized carbons (Fsp3) is 0.533. The van der Waals surface area contributed by atoms with Gasteiger partial charge in [-0.25, -0.2) is 0 Å². The third-order valence-electron chi connectivity index (χ3n) is 4.50. The molecular weight excluding hydrogens is 272 g/mol. The van der Waals surface area contributed by atoms with Crippen LogP contribution in [-0.4, -0.2) is 29.1 Å². The van der Waals surface area contributed by atoms with E-state index < -0.39 is 16.3 Å². The second-order valence-electron chi connectivity index (χ2n) is 6.04. The smallest absolute Gasteiger partial charge is 0.311 e. The Balaban J connectivity index is 2.40. The molecule has 0 saturated carbocycles. The molecule has 6 nitrogen and oxygen atoms in total. The molecule has 114 valence electrons. The van der Waals surface area contributed by atoms with Gasteiger partial charge in [-0.15, -0.1) is 0 Å². The number of aryl methyl sites for hydroxylation is 1. The van der Waals surface area contributed by atoms with Gasteiger partial charge in [0.05, 0.1) is 10.3 Å². The molecule has 1 fully saturated rings. The van der Waals surface area contributed by atoms with E-state index in [1.165, 1.54) is 6.07 Å². The monoisotopic (exact) mass is 292 g/mol. The molecule has 0 amide bonds. The minimum Gasteiger partial charge on any atom is -0.481 e. The lowest BCUT2D eigenvalue weighted by Gasteiger charge is -2.29. The predicted molar refractivity (Wildman–Crippen MR) is 79.6 cm³/mol. The van der Waals surface area contributed by atoms with E-state index in [1.807, 2.05) is 25.7 Å². The summed E-state index contributed by atoms with van der Waals surface area (Å²) < 4.78 is 0. The second-order valence-corrected chi connectivity index (χ2v) is 6.04. The molecule has 1 aliphatic heterocycles. The van der Waals surface area contributed by atoms with Crippen LogP contribution in [0.1, 0.15) is 25.8 Å². The van der Waals surface area contributed by atoms with Crippen LogP contribution < -0.4 is 4.90 Å². The first-order chi connectivity index (χ1) is 9.78. The maximum atomic E-state index is 11.7. The molecule has 0 bridgehead atoms. The summed E-state index contributed by atoms with van der Waals surface area (Å²) in [4.78, 5) is 24.3. The van der Waals surface area contributed by atoms with E-state index in [0.29, 0.717) is 25.2 Å². The van der Waals surface area contributed by atoms with Gasteiger partial charge in [0.2, 0.25) is 0 Å². The molecule has 1 aromatic rings. The zero-order valence-electron chi connectivity index (χ0n) is 12.5. The number of nitro groups is 1. The van der Waals surface area contributed by atoms with E-state index in [-0.39, 0.29) is 11.6 Å². The average Bonchev–Trinajstić information content (AvgIpc) is 2.84. The van der Waals surface area contributed by atoms with Crippen LogP contribution in [0, 0.1) is 28.4 Å². The molecule has 0 aromatic heterocycles. The number of aliphatic carboxylic acids is 1. The van der Waals surface area contributed by atoms with Crippen molar-refractivity contribution in [1.82, 2.24) is 0 Å². The Morgan fingerprint density at radius 2 is 2.14 bits per heavy atom. The van der Waals surface area contributed by atoms with Crippen LogP contribution in [0.2, 0.25) is 0 Å². The summed E-state index contributed by atoms with van der Waals surface area (Å²) in [6.45, 7) is 6.49. The van der Waals surface area contributed by atoms with Gasteiger partial charge in [-0.2, -0.15) is 0 Å². The number of carbonyl (C=O) groups is 1. The molecule has 1 aliphatic rings. The van der Waals surface area contributed by atoms with E-state index >= 15 is 0 Å². The van der Waals surface area contributed by atoms with E-state index in [1.54, 1.807) is 12.1 Å². The Morgan fingerprint density at radius 1 is 1.48 bits per heavy atom. The molecule has 1 N–H and O–H groups in total. The quantitative estimate of drug-likeness (QED) is 0.681. The average molecular weight is 292 g/mol. The van der Waals surface area contributed by atoms with Gasteiger partial charge in [0.1, 0.15) is 5.69 Å². The van der Waals surface area contributed by atoms with E-state index in [0.717, 1.165) is 5.56 Å². The number of hydrogen-bond donors (Lipinski definition) is 1. The highest BCUT2D eigenvalue weighted by Gasteiger charge is 2.48. The van der Waals surface area contributed by atoms with Crippen molar-refractivity contribution >= 4 is 17.3 Å². The molecule has 1 heterocycles. The number of nitro benzene ring substituents is 1. The van der Waals surface area contributed by atoms with Crippen LogP contribution in [0.3, 0.4) is 0 Å². The minimum atomic E-state index is -0.836. The van der Waals surface area contributed by atoms with Crippen molar-refractivity contribution in [2.45, 2.75) is 27.2 Å². The molecule has 0 radical (unpaired) electrons. The molecule has 0 spiro atoms. The standard InChI is InChI=1S/C15H20N2O4/c1-10(2)15(14(18)19)6-7-16(9-15)13-8-11(3)4-5-12(13)17(20)21/h4-5,8,10H,6-7,9H2,1-3H3,(H,18,19). The maximum absolute atomic E-state index is 11.7. The number of carboxylic acids is 1. The topological polar surface area (TPSA) is 83.7 Å². The van der Waals surface area contributed by atoms with Crippen molar-refractivity contribution < 1.29 is 14.8 Å². The van der Waals surface area contributed by atoms with E-state index in [4.69, 9.17) is 0 Å². The second kappa shape index (κ2) is 5.35. The summed E-state index contributed by atoms with van der Waals surface area (Å²) in [5, 5.41) is 20.8. The molecule has 1 saturated heterocycles. The zero-order valence-corrected chi connectivity index (χ0v) is 12.5. The van der Waals surface area contributed by atoms with Crippen LogP contribution >= 0.6 is 0 Å². The van der Waals surface area contributed by atoms with Gasteiger partial charge >= 0.3 is 5.97 Å². The van der Waals surface area contributed by atoms with Crippen LogP contribution in [-0.2, 0) is 4.79 Å². The van der Waals surface area contributed by atoms with Gasteiger partial charge < -0.3 is 10.0 Å². The van der Waals surface area contributed by atoms with Crippen molar-refractivity contribution in [2.75, 3.05) is 18.0 Å². The predicted octanol–water partition coefficient (Wildman–Crippen LogP) is 2.84. The van der Waals surface area contributed by atoms with Crippen molar-refractivity contribution in [3.63, 3.8) is 0 Å². The summed E-state index contributed by atoms with van der Waals surface area (Å²) in [5.41, 5.74) is 0.639. The Labute approximate surface area is 123 Å². The molecule has 1 aromatic carbocycles. The SMILES string of the molecule is Cc1ccc([N+](=O)[O-])c(N2CCC(C(=O)O)(C(C)C)C2)c1. The van der Waals surface area contributed by atoms with E-state index in [2.05, 4.69) is 0 Å². The third-order valence-corrected chi connectivity index (χ3v) is 4.50. The number of rotatable bonds is 4. The normalized spacial score (nSPS) is 21.8. The fourth-order valence-corrected chi connectivity index (χ4v) is 2.97. The van der Waals surface area contributed by atoms with Gasteiger partial charge in [0, 0.05) is 19.2 Å².